The number of hydrogen-bond donors (Lipinski definition) is 0. The van der Waals surface area contributed by atoms with Crippen LogP contribution in [0.3, 0.4) is 0 Å². The van der Waals surface area contributed by atoms with Crippen LogP contribution in [0.2, 0.25) is 0 Å². The lowest BCUT2D eigenvalue weighted by Crippen LogP contribution is -2.17. The van der Waals surface area contributed by atoms with E-state index < -0.39 is 0 Å². The molecule has 0 aromatic heterocycles. The number of hydrogen-bond acceptors (Lipinski definition) is 2. The summed E-state index contributed by atoms with van der Waals surface area (Å²) >= 11 is 0. The number of fused-ring (bicyclic) bond motifs is 2. The van der Waals surface area contributed by atoms with Crippen molar-refractivity contribution < 1.29 is 9.47 Å². The molecule has 2 heterocycles. The summed E-state index contributed by atoms with van der Waals surface area (Å²) in [5.74, 6) is 0. The van der Waals surface area contributed by atoms with Gasteiger partial charge in [0.25, 0.3) is 0 Å². The molecule has 2 saturated heterocycles. The maximum Gasteiger partial charge on any atom is 0.0954 e. The first-order chi connectivity index (χ1) is 7.83. The van der Waals surface area contributed by atoms with E-state index in [0.29, 0.717) is 12.2 Å². The standard InChI is InChI=1S/C15H24O2/c1-13(2)7-5-8-14(3)11(16-14)6-9-15(4)12(10-13)17-15/h5,7,11-12H,6,8-10H2,1-4H3/b7-5-/t11-,12?,14-,15?/m1/s1. The van der Waals surface area contributed by atoms with E-state index >= 15 is 0 Å². The van der Waals surface area contributed by atoms with Gasteiger partial charge in [0.05, 0.1) is 23.4 Å². The lowest BCUT2D eigenvalue weighted by atomic mass is 9.84. The average Bonchev–Trinajstić information content (AvgIpc) is 3.01. The van der Waals surface area contributed by atoms with Gasteiger partial charge in [-0.1, -0.05) is 26.0 Å². The van der Waals surface area contributed by atoms with E-state index in [0.717, 1.165) is 25.7 Å². The summed E-state index contributed by atoms with van der Waals surface area (Å²) in [5, 5.41) is 0. The van der Waals surface area contributed by atoms with Crippen molar-refractivity contribution in [3.05, 3.63) is 12.2 Å². The zero-order valence-electron chi connectivity index (χ0n) is 11.5. The SMILES string of the molecule is CC1(C)/C=C\C[C@@]2(C)O[C@@H]2CCC2(C)OC2C1. The van der Waals surface area contributed by atoms with Crippen LogP contribution >= 0.6 is 0 Å². The van der Waals surface area contributed by atoms with Crippen molar-refractivity contribution in [1.29, 1.82) is 0 Å². The predicted octanol–water partition coefficient (Wildman–Crippen LogP) is 3.46. The molecule has 0 amide bonds. The molecule has 2 nitrogen and oxygen atoms in total. The molecule has 17 heavy (non-hydrogen) atoms. The Morgan fingerprint density at radius 2 is 1.71 bits per heavy atom. The first kappa shape index (κ1) is 11.7. The minimum absolute atomic E-state index is 0.109. The third-order valence-corrected chi connectivity index (χ3v) is 4.78. The highest BCUT2D eigenvalue weighted by Gasteiger charge is 2.57. The van der Waals surface area contributed by atoms with E-state index in [1.165, 1.54) is 0 Å². The first-order valence-electron chi connectivity index (χ1n) is 6.86. The Hall–Kier alpha value is -0.340. The molecule has 96 valence electrons. The van der Waals surface area contributed by atoms with E-state index in [2.05, 4.69) is 39.8 Å². The molecule has 3 rings (SSSR count). The molecular weight excluding hydrogens is 212 g/mol. The second-order valence-electron chi connectivity index (χ2n) is 7.18. The van der Waals surface area contributed by atoms with Crippen LogP contribution in [0.1, 0.15) is 53.4 Å². The minimum atomic E-state index is 0.109. The van der Waals surface area contributed by atoms with Crippen LogP contribution in [-0.2, 0) is 9.47 Å². The van der Waals surface area contributed by atoms with Gasteiger partial charge < -0.3 is 9.47 Å². The van der Waals surface area contributed by atoms with E-state index in [4.69, 9.17) is 9.47 Å². The summed E-state index contributed by atoms with van der Waals surface area (Å²) in [6, 6.07) is 0. The second kappa shape index (κ2) is 3.36. The molecule has 0 bridgehead atoms. The van der Waals surface area contributed by atoms with Crippen LogP contribution < -0.4 is 0 Å². The van der Waals surface area contributed by atoms with Crippen molar-refractivity contribution in [2.75, 3.05) is 0 Å². The molecule has 2 heteroatoms. The molecule has 2 aliphatic heterocycles. The van der Waals surface area contributed by atoms with Gasteiger partial charge in [-0.15, -0.1) is 0 Å². The Kier molecular flexibility index (Phi) is 2.32. The van der Waals surface area contributed by atoms with Crippen LogP contribution in [-0.4, -0.2) is 23.4 Å². The van der Waals surface area contributed by atoms with Gasteiger partial charge in [-0.05, 0) is 44.9 Å². The van der Waals surface area contributed by atoms with Gasteiger partial charge in [0.15, 0.2) is 0 Å². The first-order valence-corrected chi connectivity index (χ1v) is 6.86. The average molecular weight is 236 g/mol. The number of allylic oxidation sites excluding steroid dienone is 1. The fourth-order valence-electron chi connectivity index (χ4n) is 3.18. The summed E-state index contributed by atoms with van der Waals surface area (Å²) < 4.78 is 11.8. The zero-order valence-corrected chi connectivity index (χ0v) is 11.5. The maximum absolute atomic E-state index is 5.92. The Balaban J connectivity index is 1.77. The Morgan fingerprint density at radius 1 is 1.00 bits per heavy atom. The highest BCUT2D eigenvalue weighted by atomic mass is 16.6. The predicted molar refractivity (Wildman–Crippen MR) is 67.9 cm³/mol. The van der Waals surface area contributed by atoms with Gasteiger partial charge in [-0.3, -0.25) is 0 Å². The van der Waals surface area contributed by atoms with Gasteiger partial charge in [-0.25, -0.2) is 0 Å². The van der Waals surface area contributed by atoms with E-state index in [1.807, 2.05) is 0 Å². The molecule has 1 aliphatic carbocycles. The molecule has 0 aromatic rings. The summed E-state index contributed by atoms with van der Waals surface area (Å²) in [5.41, 5.74) is 0.480. The third kappa shape index (κ3) is 2.17. The van der Waals surface area contributed by atoms with Crippen LogP contribution in [0.15, 0.2) is 12.2 Å². The largest absolute Gasteiger partial charge is 0.366 e. The lowest BCUT2D eigenvalue weighted by molar-refractivity contribution is 0.267. The molecule has 3 aliphatic rings. The van der Waals surface area contributed by atoms with Gasteiger partial charge in [-0.2, -0.15) is 0 Å². The smallest absolute Gasteiger partial charge is 0.0954 e. The van der Waals surface area contributed by atoms with Gasteiger partial charge in [0, 0.05) is 0 Å². The van der Waals surface area contributed by atoms with E-state index in [-0.39, 0.29) is 16.6 Å². The highest BCUT2D eigenvalue weighted by Crippen LogP contribution is 2.51. The van der Waals surface area contributed by atoms with Crippen LogP contribution in [0, 0.1) is 5.41 Å². The van der Waals surface area contributed by atoms with Gasteiger partial charge in [0.2, 0.25) is 0 Å². The van der Waals surface area contributed by atoms with Gasteiger partial charge >= 0.3 is 0 Å². The van der Waals surface area contributed by atoms with Crippen molar-refractivity contribution in [3.63, 3.8) is 0 Å². The molecule has 0 spiro atoms. The van der Waals surface area contributed by atoms with Gasteiger partial charge in [0.1, 0.15) is 0 Å². The quantitative estimate of drug-likeness (QED) is 0.475. The molecular formula is C15H24O2. The Morgan fingerprint density at radius 3 is 2.47 bits per heavy atom. The second-order valence-corrected chi connectivity index (χ2v) is 7.18. The fourth-order valence-corrected chi connectivity index (χ4v) is 3.18. The molecule has 0 saturated carbocycles. The van der Waals surface area contributed by atoms with Crippen molar-refractivity contribution in [1.82, 2.24) is 0 Å². The highest BCUT2D eigenvalue weighted by molar-refractivity contribution is 5.12. The minimum Gasteiger partial charge on any atom is -0.366 e. The summed E-state index contributed by atoms with van der Waals surface area (Å²) in [4.78, 5) is 0. The summed E-state index contributed by atoms with van der Waals surface area (Å²) in [6.45, 7) is 9.10. The van der Waals surface area contributed by atoms with Crippen molar-refractivity contribution in [2.24, 2.45) is 5.41 Å². The normalized spacial score (nSPS) is 53.9. The zero-order chi connectivity index (χ0) is 12.3. The van der Waals surface area contributed by atoms with E-state index in [1.54, 1.807) is 0 Å². The number of epoxide rings is 2. The number of ether oxygens (including phenoxy) is 2. The van der Waals surface area contributed by atoms with Crippen molar-refractivity contribution in [2.45, 2.75) is 76.8 Å². The Labute approximate surface area is 104 Å². The van der Waals surface area contributed by atoms with Crippen LogP contribution in [0.4, 0.5) is 0 Å². The van der Waals surface area contributed by atoms with Crippen molar-refractivity contribution in [3.8, 4) is 0 Å². The molecule has 0 aromatic carbocycles. The molecule has 0 N–H and O–H groups in total. The fraction of sp³-hybridized carbons (Fsp3) is 0.867. The van der Waals surface area contributed by atoms with E-state index in [9.17, 15) is 0 Å². The summed E-state index contributed by atoms with van der Waals surface area (Å²) in [7, 11) is 0. The van der Waals surface area contributed by atoms with Crippen LogP contribution in [0.5, 0.6) is 0 Å². The monoisotopic (exact) mass is 236 g/mol. The molecule has 2 unspecified atom stereocenters. The summed E-state index contributed by atoms with van der Waals surface area (Å²) in [6.07, 6.45) is 10.1. The lowest BCUT2D eigenvalue weighted by Gasteiger charge is -2.19. The Bertz CT molecular complexity index is 360. The molecule has 4 atom stereocenters. The topological polar surface area (TPSA) is 25.1 Å². The van der Waals surface area contributed by atoms with Crippen LogP contribution in [0.25, 0.3) is 0 Å². The van der Waals surface area contributed by atoms with Crippen molar-refractivity contribution >= 4 is 0 Å². The number of rotatable bonds is 0. The molecule has 2 fully saturated rings. The maximum atomic E-state index is 5.92. The third-order valence-electron chi connectivity index (χ3n) is 4.78. The molecule has 0 radical (unpaired) electrons.